The zero-order valence-electron chi connectivity index (χ0n) is 18.9. The molecular weight excluding hydrogens is 418 g/mol. The van der Waals surface area contributed by atoms with Gasteiger partial charge in [-0.15, -0.1) is 0 Å². The van der Waals surface area contributed by atoms with E-state index in [2.05, 4.69) is 17.0 Å². The number of piperidine rings is 1. The van der Waals surface area contributed by atoms with Gasteiger partial charge in [0.05, 0.1) is 20.3 Å². The van der Waals surface area contributed by atoms with Crippen molar-refractivity contribution < 1.29 is 23.7 Å². The van der Waals surface area contributed by atoms with Crippen molar-refractivity contribution in [3.8, 4) is 23.0 Å². The van der Waals surface area contributed by atoms with Crippen LogP contribution in [-0.4, -0.2) is 57.2 Å². The normalized spacial score (nSPS) is 16.5. The minimum absolute atomic E-state index is 0.117. The molecule has 0 atom stereocenters. The molecule has 3 aromatic rings. The van der Waals surface area contributed by atoms with E-state index >= 15 is 0 Å². The summed E-state index contributed by atoms with van der Waals surface area (Å²) in [5.41, 5.74) is 0.677. The van der Waals surface area contributed by atoms with Gasteiger partial charge >= 0.3 is 0 Å². The van der Waals surface area contributed by atoms with Gasteiger partial charge in [0, 0.05) is 10.9 Å². The summed E-state index contributed by atoms with van der Waals surface area (Å²) < 4.78 is 22.8. The first-order valence-corrected chi connectivity index (χ1v) is 11.5. The molecule has 0 unspecified atom stereocenters. The van der Waals surface area contributed by atoms with Crippen molar-refractivity contribution in [3.63, 3.8) is 0 Å². The van der Waals surface area contributed by atoms with Crippen LogP contribution in [0.25, 0.3) is 10.8 Å². The summed E-state index contributed by atoms with van der Waals surface area (Å²) >= 11 is 0. The number of ketones is 1. The molecule has 0 bridgehead atoms. The van der Waals surface area contributed by atoms with Crippen LogP contribution < -0.4 is 18.9 Å². The van der Waals surface area contributed by atoms with Gasteiger partial charge in [-0.3, -0.25) is 9.69 Å². The molecule has 3 aromatic carbocycles. The van der Waals surface area contributed by atoms with E-state index in [1.165, 1.54) is 0 Å². The molecule has 2 aliphatic rings. The third-order valence-electron chi connectivity index (χ3n) is 6.46. The van der Waals surface area contributed by atoms with Gasteiger partial charge < -0.3 is 18.9 Å². The Morgan fingerprint density at radius 3 is 2.64 bits per heavy atom. The number of carbonyl (C=O) groups excluding carboxylic acids is 1. The summed E-state index contributed by atoms with van der Waals surface area (Å²) in [5.74, 6) is 3.69. The smallest absolute Gasteiger partial charge is 0.176 e. The molecule has 172 valence electrons. The fraction of sp³-hybridized carbons (Fsp3) is 0.370. The SMILES string of the molecule is COc1ccc2cccc(OCC3CCN(CC(=O)c4ccc5c(c4)OCCO5)CC3)c2c1. The van der Waals surface area contributed by atoms with Crippen LogP contribution in [0.4, 0.5) is 0 Å². The van der Waals surface area contributed by atoms with Crippen LogP contribution in [0.3, 0.4) is 0 Å². The first kappa shape index (κ1) is 21.6. The Hall–Kier alpha value is -3.25. The predicted octanol–water partition coefficient (Wildman–Crippen LogP) is 4.59. The van der Waals surface area contributed by atoms with Crippen LogP contribution in [0.15, 0.2) is 54.6 Å². The van der Waals surface area contributed by atoms with E-state index in [9.17, 15) is 4.79 Å². The third kappa shape index (κ3) is 4.91. The number of nitrogens with zero attached hydrogens (tertiary/aromatic N) is 1. The molecule has 0 aliphatic carbocycles. The molecule has 0 spiro atoms. The van der Waals surface area contributed by atoms with E-state index in [-0.39, 0.29) is 5.78 Å². The van der Waals surface area contributed by atoms with Crippen LogP contribution in [0.5, 0.6) is 23.0 Å². The number of likely N-dealkylation sites (tertiary alicyclic amines) is 1. The van der Waals surface area contributed by atoms with E-state index in [0.717, 1.165) is 48.2 Å². The van der Waals surface area contributed by atoms with E-state index in [0.29, 0.717) is 49.3 Å². The van der Waals surface area contributed by atoms with Crippen LogP contribution in [0, 0.1) is 5.92 Å². The molecular formula is C27H29NO5. The zero-order chi connectivity index (χ0) is 22.6. The van der Waals surface area contributed by atoms with Crippen LogP contribution in [0.1, 0.15) is 23.2 Å². The molecule has 2 heterocycles. The van der Waals surface area contributed by atoms with Gasteiger partial charge in [0.1, 0.15) is 24.7 Å². The Balaban J connectivity index is 1.14. The van der Waals surface area contributed by atoms with Crippen molar-refractivity contribution in [2.24, 2.45) is 5.92 Å². The highest BCUT2D eigenvalue weighted by Crippen LogP contribution is 2.32. The van der Waals surface area contributed by atoms with Crippen LogP contribution in [0.2, 0.25) is 0 Å². The zero-order valence-corrected chi connectivity index (χ0v) is 18.9. The number of fused-ring (bicyclic) bond motifs is 2. The Morgan fingerprint density at radius 1 is 1.00 bits per heavy atom. The lowest BCUT2D eigenvalue weighted by Gasteiger charge is -2.31. The molecule has 0 N–H and O–H groups in total. The number of benzene rings is 3. The maximum atomic E-state index is 12.8. The third-order valence-corrected chi connectivity index (χ3v) is 6.46. The number of carbonyl (C=O) groups is 1. The fourth-order valence-electron chi connectivity index (χ4n) is 4.51. The van der Waals surface area contributed by atoms with Crippen molar-refractivity contribution in [2.75, 3.05) is 46.6 Å². The Morgan fingerprint density at radius 2 is 1.82 bits per heavy atom. The lowest BCUT2D eigenvalue weighted by atomic mass is 9.97. The lowest BCUT2D eigenvalue weighted by Crippen LogP contribution is -2.38. The number of methoxy groups -OCH3 is 1. The minimum atomic E-state index is 0.117. The monoisotopic (exact) mass is 447 g/mol. The molecule has 5 rings (SSSR count). The minimum Gasteiger partial charge on any atom is -0.497 e. The fourth-order valence-corrected chi connectivity index (χ4v) is 4.51. The van der Waals surface area contributed by atoms with E-state index < -0.39 is 0 Å². The lowest BCUT2D eigenvalue weighted by molar-refractivity contribution is 0.0872. The van der Waals surface area contributed by atoms with Crippen LogP contribution >= 0.6 is 0 Å². The number of ether oxygens (including phenoxy) is 4. The summed E-state index contributed by atoms with van der Waals surface area (Å²) in [6.45, 7) is 3.97. The molecule has 1 saturated heterocycles. The second-order valence-corrected chi connectivity index (χ2v) is 8.66. The van der Waals surface area contributed by atoms with Gasteiger partial charge in [0.15, 0.2) is 17.3 Å². The maximum absolute atomic E-state index is 12.8. The van der Waals surface area contributed by atoms with Crippen molar-refractivity contribution in [1.82, 2.24) is 4.90 Å². The van der Waals surface area contributed by atoms with Gasteiger partial charge in [-0.2, -0.15) is 0 Å². The molecule has 6 nitrogen and oxygen atoms in total. The van der Waals surface area contributed by atoms with E-state index in [1.807, 2.05) is 36.4 Å². The first-order valence-electron chi connectivity index (χ1n) is 11.5. The van der Waals surface area contributed by atoms with Gasteiger partial charge in [-0.25, -0.2) is 0 Å². The molecule has 1 fully saturated rings. The summed E-state index contributed by atoms with van der Waals surface area (Å²) in [6, 6.07) is 17.6. The largest absolute Gasteiger partial charge is 0.497 e. The summed E-state index contributed by atoms with van der Waals surface area (Å²) in [6.07, 6.45) is 2.03. The second kappa shape index (κ2) is 9.71. The Labute approximate surface area is 194 Å². The number of hydrogen-bond donors (Lipinski definition) is 0. The summed E-state index contributed by atoms with van der Waals surface area (Å²) in [5, 5.41) is 2.21. The Kier molecular flexibility index (Phi) is 6.35. The first-order chi connectivity index (χ1) is 16.2. The van der Waals surface area contributed by atoms with Crippen molar-refractivity contribution >= 4 is 16.6 Å². The van der Waals surface area contributed by atoms with Crippen molar-refractivity contribution in [3.05, 3.63) is 60.2 Å². The topological polar surface area (TPSA) is 57.2 Å². The van der Waals surface area contributed by atoms with E-state index in [4.69, 9.17) is 18.9 Å². The van der Waals surface area contributed by atoms with Gasteiger partial charge in [0.2, 0.25) is 0 Å². The standard InChI is InChI=1S/C27H29NO5/c1-30-22-7-5-20-3-2-4-25(23(20)16-22)33-18-19-9-11-28(12-10-19)17-24(29)21-6-8-26-27(15-21)32-14-13-31-26/h2-8,15-16,19H,9-14,17-18H2,1H3. The van der Waals surface area contributed by atoms with Crippen molar-refractivity contribution in [1.29, 1.82) is 0 Å². The highest BCUT2D eigenvalue weighted by molar-refractivity contribution is 5.98. The molecule has 0 radical (unpaired) electrons. The number of Topliss-reactive ketones (excluding diaryl/α,β-unsaturated/α-hetero) is 1. The molecule has 2 aliphatic heterocycles. The quantitative estimate of drug-likeness (QED) is 0.494. The summed E-state index contributed by atoms with van der Waals surface area (Å²) in [7, 11) is 1.68. The second-order valence-electron chi connectivity index (χ2n) is 8.66. The highest BCUT2D eigenvalue weighted by atomic mass is 16.6. The van der Waals surface area contributed by atoms with Crippen molar-refractivity contribution in [2.45, 2.75) is 12.8 Å². The molecule has 0 amide bonds. The highest BCUT2D eigenvalue weighted by Gasteiger charge is 2.23. The molecule has 0 saturated carbocycles. The predicted molar refractivity (Wildman–Crippen MR) is 127 cm³/mol. The Bertz CT molecular complexity index is 1140. The van der Waals surface area contributed by atoms with Gasteiger partial charge in [0.25, 0.3) is 0 Å². The molecule has 33 heavy (non-hydrogen) atoms. The van der Waals surface area contributed by atoms with E-state index in [1.54, 1.807) is 13.2 Å². The summed E-state index contributed by atoms with van der Waals surface area (Å²) in [4.78, 5) is 15.0. The number of hydrogen-bond acceptors (Lipinski definition) is 6. The van der Waals surface area contributed by atoms with Gasteiger partial charge in [-0.05, 0) is 73.6 Å². The van der Waals surface area contributed by atoms with Gasteiger partial charge in [-0.1, -0.05) is 18.2 Å². The number of rotatable bonds is 7. The molecule has 0 aromatic heterocycles. The molecule has 6 heteroatoms. The average molecular weight is 448 g/mol. The average Bonchev–Trinajstić information content (AvgIpc) is 2.87. The maximum Gasteiger partial charge on any atom is 0.176 e. The van der Waals surface area contributed by atoms with Crippen LogP contribution in [-0.2, 0) is 0 Å².